The number of carboxylic acid groups (broad SMARTS) is 1. The predicted octanol–water partition coefficient (Wildman–Crippen LogP) is -4.50. The molecule has 0 rings (SSSR count). The maximum atomic E-state index is 10.8. The van der Waals surface area contributed by atoms with Crippen molar-refractivity contribution in [1.82, 2.24) is 5.48 Å². The Morgan fingerprint density at radius 1 is 1.25 bits per heavy atom. The van der Waals surface area contributed by atoms with Gasteiger partial charge in [0.15, 0.2) is 12.2 Å². The fourth-order valence-electron chi connectivity index (χ4n) is 0.505. The number of hydroxylamine groups is 1. The average molecular weight is 256 g/mol. The molecule has 0 saturated carbocycles. The summed E-state index contributed by atoms with van der Waals surface area (Å²) in [5, 5.41) is 25.8. The number of aliphatic hydroxyl groups excluding tert-OH is 2. The summed E-state index contributed by atoms with van der Waals surface area (Å²) >= 11 is 0. The van der Waals surface area contributed by atoms with Gasteiger partial charge in [-0.05, 0) is 0 Å². The van der Waals surface area contributed by atoms with Crippen LogP contribution in [0.1, 0.15) is 0 Å². The summed E-state index contributed by atoms with van der Waals surface area (Å²) in [6.45, 7) is 0.354. The van der Waals surface area contributed by atoms with Crippen LogP contribution in [-0.4, -0.2) is 112 Å². The zero-order chi connectivity index (χ0) is 11.1. The molecule has 0 aliphatic rings. The van der Waals surface area contributed by atoms with Crippen LogP contribution in [0, 0.1) is 0 Å². The summed E-state index contributed by atoms with van der Waals surface area (Å²) in [4.78, 5) is 25.1. The van der Waals surface area contributed by atoms with Crippen molar-refractivity contribution in [2.24, 2.45) is 5.73 Å². The van der Waals surface area contributed by atoms with Crippen LogP contribution in [-0.2, 0) is 14.4 Å². The van der Waals surface area contributed by atoms with E-state index >= 15 is 0 Å². The van der Waals surface area contributed by atoms with Crippen LogP contribution in [0.25, 0.3) is 0 Å². The molecule has 0 aromatic heterocycles. The van der Waals surface area contributed by atoms with Crippen LogP contribution in [0.15, 0.2) is 0 Å². The third kappa shape index (κ3) is 8.88. The first-order valence-electron chi connectivity index (χ1n) is 3.73. The number of carbonyl (C=O) groups is 2. The second kappa shape index (κ2) is 12.2. The summed E-state index contributed by atoms with van der Waals surface area (Å²) in [6, 6.07) is 0. The van der Waals surface area contributed by atoms with Crippen LogP contribution < -0.4 is 11.2 Å². The Morgan fingerprint density at radius 3 is 2.12 bits per heavy atom. The molecule has 0 fully saturated rings. The number of nitrogens with two attached hydrogens (primary N) is 1. The Balaban J connectivity index is -0.000000845. The zero-order valence-electron chi connectivity index (χ0n) is 7.21. The van der Waals surface area contributed by atoms with E-state index in [1.165, 1.54) is 0 Å². The van der Waals surface area contributed by atoms with Gasteiger partial charge in [-0.2, -0.15) is 5.48 Å². The van der Waals surface area contributed by atoms with Crippen molar-refractivity contribution in [3.8, 4) is 0 Å². The van der Waals surface area contributed by atoms with E-state index < -0.39 is 24.1 Å². The van der Waals surface area contributed by atoms with Gasteiger partial charge in [-0.25, -0.2) is 9.59 Å². The number of aliphatic hydroxyl groups is 2. The van der Waals surface area contributed by atoms with E-state index in [1.807, 2.05) is 0 Å². The van der Waals surface area contributed by atoms with Gasteiger partial charge in [-0.1, -0.05) is 0 Å². The fraction of sp³-hybridized carbons (Fsp3) is 0.667. The molecule has 0 aromatic carbocycles. The Hall–Kier alpha value is 0.780. The molecule has 16 heavy (non-hydrogen) atoms. The molecular formula is C6H14N2Na2O6. The summed E-state index contributed by atoms with van der Waals surface area (Å²) in [5.74, 6) is -3.00. The minimum atomic E-state index is -2.21. The zero-order valence-corrected chi connectivity index (χ0v) is 7.21. The third-order valence-electron chi connectivity index (χ3n) is 1.21. The van der Waals surface area contributed by atoms with E-state index in [-0.39, 0.29) is 72.2 Å². The molecule has 8 nitrogen and oxygen atoms in total. The van der Waals surface area contributed by atoms with Gasteiger partial charge in [0.05, 0.1) is 0 Å². The minimum absolute atomic E-state index is 0. The van der Waals surface area contributed by atoms with E-state index in [9.17, 15) is 9.59 Å². The van der Waals surface area contributed by atoms with Gasteiger partial charge >= 0.3 is 71.1 Å². The molecule has 0 aromatic rings. The first kappa shape index (κ1) is 22.0. The van der Waals surface area contributed by atoms with Gasteiger partial charge in [0.2, 0.25) is 0 Å². The van der Waals surface area contributed by atoms with Crippen molar-refractivity contribution >= 4 is 71.1 Å². The van der Waals surface area contributed by atoms with Crippen LogP contribution >= 0.6 is 0 Å². The van der Waals surface area contributed by atoms with Crippen molar-refractivity contribution in [3.05, 3.63) is 0 Å². The van der Waals surface area contributed by atoms with Crippen molar-refractivity contribution in [3.63, 3.8) is 0 Å². The van der Waals surface area contributed by atoms with Crippen LogP contribution in [0.2, 0.25) is 0 Å². The molecule has 86 valence electrons. The topological polar surface area (TPSA) is 142 Å². The summed E-state index contributed by atoms with van der Waals surface area (Å²) in [5.41, 5.74) is 7.11. The molecule has 0 aliphatic carbocycles. The Labute approximate surface area is 136 Å². The van der Waals surface area contributed by atoms with Crippen molar-refractivity contribution in [1.29, 1.82) is 0 Å². The number of hydrogen-bond donors (Lipinski definition) is 5. The normalized spacial score (nSPS) is 12.7. The number of hydrogen-bond acceptors (Lipinski definition) is 7. The van der Waals surface area contributed by atoms with Gasteiger partial charge < -0.3 is 25.9 Å². The Morgan fingerprint density at radius 2 is 1.75 bits per heavy atom. The number of nitrogens with one attached hydrogen (secondary N) is 1. The van der Waals surface area contributed by atoms with E-state index in [2.05, 4.69) is 10.3 Å². The van der Waals surface area contributed by atoms with E-state index in [4.69, 9.17) is 21.1 Å². The molecule has 0 aliphatic heterocycles. The quantitative estimate of drug-likeness (QED) is 0.182. The molecule has 2 atom stereocenters. The van der Waals surface area contributed by atoms with Crippen LogP contribution in [0.4, 0.5) is 0 Å². The standard InChI is InChI=1S/C6H12N2O6.2Na.2H/c7-1-2-8-14-6(13)4(10)3(9)5(11)12;;;;/h3-4,8-10H,1-2,7H2,(H,11,12);;;;. The van der Waals surface area contributed by atoms with Gasteiger partial charge in [-0.15, -0.1) is 0 Å². The SMILES string of the molecule is NCCNOC(=O)C(O)C(O)C(=O)O.[NaH].[NaH]. The molecule has 2 unspecified atom stereocenters. The van der Waals surface area contributed by atoms with Crippen molar-refractivity contribution < 1.29 is 29.7 Å². The molecule has 0 heterocycles. The number of aliphatic carboxylic acids is 1. The Kier molecular flexibility index (Phi) is 16.8. The van der Waals surface area contributed by atoms with Crippen LogP contribution in [0.3, 0.4) is 0 Å². The fourth-order valence-corrected chi connectivity index (χ4v) is 0.505. The molecule has 0 saturated heterocycles. The molecule has 0 radical (unpaired) electrons. The molecule has 0 bridgehead atoms. The van der Waals surface area contributed by atoms with Gasteiger partial charge in [0, 0.05) is 13.1 Å². The predicted molar refractivity (Wildman–Crippen MR) is 57.1 cm³/mol. The number of rotatable bonds is 6. The first-order valence-corrected chi connectivity index (χ1v) is 3.73. The maximum absolute atomic E-state index is 10.8. The van der Waals surface area contributed by atoms with Crippen molar-refractivity contribution in [2.75, 3.05) is 13.1 Å². The number of carboxylic acids is 1. The first-order chi connectivity index (χ1) is 6.50. The summed E-state index contributed by atoms with van der Waals surface area (Å²) < 4.78 is 0. The molecule has 0 spiro atoms. The third-order valence-corrected chi connectivity index (χ3v) is 1.21. The molecule has 6 N–H and O–H groups in total. The van der Waals surface area contributed by atoms with Gasteiger partial charge in [-0.3, -0.25) is 0 Å². The Bertz CT molecular complexity index is 217. The van der Waals surface area contributed by atoms with Crippen LogP contribution in [0.5, 0.6) is 0 Å². The van der Waals surface area contributed by atoms with Crippen molar-refractivity contribution in [2.45, 2.75) is 12.2 Å². The van der Waals surface area contributed by atoms with E-state index in [1.54, 1.807) is 0 Å². The second-order valence-corrected chi connectivity index (χ2v) is 2.33. The molecule has 10 heteroatoms. The number of carbonyl (C=O) groups excluding carboxylic acids is 1. The summed E-state index contributed by atoms with van der Waals surface area (Å²) in [7, 11) is 0. The van der Waals surface area contributed by atoms with Gasteiger partial charge in [0.1, 0.15) is 0 Å². The second-order valence-electron chi connectivity index (χ2n) is 2.33. The van der Waals surface area contributed by atoms with E-state index in [0.717, 1.165) is 0 Å². The monoisotopic (exact) mass is 256 g/mol. The van der Waals surface area contributed by atoms with Gasteiger partial charge in [0.25, 0.3) is 0 Å². The van der Waals surface area contributed by atoms with E-state index in [0.29, 0.717) is 0 Å². The summed E-state index contributed by atoms with van der Waals surface area (Å²) in [6.07, 6.45) is -4.33. The molecule has 0 amide bonds. The molecular weight excluding hydrogens is 242 g/mol. The average Bonchev–Trinajstić information content (AvgIpc) is 2.15.